The second-order valence-electron chi connectivity index (χ2n) is 2.98. The van der Waals surface area contributed by atoms with E-state index >= 15 is 0 Å². The van der Waals surface area contributed by atoms with Gasteiger partial charge in [0.2, 0.25) is 0 Å². The third-order valence-electron chi connectivity index (χ3n) is 1.15. The summed E-state index contributed by atoms with van der Waals surface area (Å²) in [5.74, 6) is -0.606. The summed E-state index contributed by atoms with van der Waals surface area (Å²) in [6.45, 7) is 3.44. The number of halogens is 1. The first-order valence-electron chi connectivity index (χ1n) is 3.59. The van der Waals surface area contributed by atoms with E-state index in [9.17, 15) is 9.70 Å². The molecule has 0 N–H and O–H groups in total. The number of nitrogens with zero attached hydrogens (tertiary/aromatic N) is 1. The third kappa shape index (κ3) is 7.47. The van der Waals surface area contributed by atoms with Gasteiger partial charge in [0.15, 0.2) is 6.54 Å². The van der Waals surface area contributed by atoms with E-state index in [1.165, 1.54) is 0 Å². The van der Waals surface area contributed by atoms with E-state index in [1.807, 2.05) is 13.8 Å². The molecule has 0 rings (SSSR count). The van der Waals surface area contributed by atoms with Gasteiger partial charge >= 0.3 is 5.97 Å². The normalized spacial score (nSPS) is 10.9. The smallest absolute Gasteiger partial charge is 0.331 e. The lowest BCUT2D eigenvalue weighted by Gasteiger charge is -2.14. The lowest BCUT2D eigenvalue weighted by Crippen LogP contribution is -2.17. The van der Waals surface area contributed by atoms with Gasteiger partial charge in [-0.25, -0.2) is 4.79 Å². The van der Waals surface area contributed by atoms with Crippen LogP contribution in [-0.2, 0) is 9.53 Å². The zero-order chi connectivity index (χ0) is 9.61. The van der Waals surface area contributed by atoms with E-state index < -0.39 is 12.5 Å². The largest absolute Gasteiger partial charge is 0.464 e. The van der Waals surface area contributed by atoms with Crippen LogP contribution in [0.3, 0.4) is 0 Å². The molecule has 0 saturated heterocycles. The van der Waals surface area contributed by atoms with Gasteiger partial charge in [-0.15, -0.1) is 11.6 Å². The number of carbonyl (C=O) groups is 1. The average molecular weight is 194 g/mol. The molecule has 0 saturated carbocycles. The Morgan fingerprint density at radius 2 is 2.17 bits per heavy atom. The maximum Gasteiger partial charge on any atom is 0.331 e. The average Bonchev–Trinajstić information content (AvgIpc) is 1.84. The minimum absolute atomic E-state index is 0.227. The number of hydrogen-bond donors (Lipinski definition) is 0. The van der Waals surface area contributed by atoms with Crippen LogP contribution in [0.15, 0.2) is 5.18 Å². The lowest BCUT2D eigenvalue weighted by molar-refractivity contribution is -0.142. The Labute approximate surface area is 76.2 Å². The van der Waals surface area contributed by atoms with Crippen molar-refractivity contribution in [3.63, 3.8) is 0 Å². The van der Waals surface area contributed by atoms with E-state index in [0.29, 0.717) is 6.42 Å². The first-order valence-corrected chi connectivity index (χ1v) is 3.97. The Hall–Kier alpha value is -0.640. The van der Waals surface area contributed by atoms with Crippen LogP contribution in [0.4, 0.5) is 0 Å². The number of nitroso groups, excluding NO2 is 1. The molecule has 0 aromatic heterocycles. The van der Waals surface area contributed by atoms with Crippen molar-refractivity contribution in [2.45, 2.75) is 25.1 Å². The van der Waals surface area contributed by atoms with Gasteiger partial charge in [-0.3, -0.25) is 0 Å². The van der Waals surface area contributed by atoms with Crippen molar-refractivity contribution in [3.05, 3.63) is 4.91 Å². The minimum atomic E-state index is -0.606. The van der Waals surface area contributed by atoms with Crippen LogP contribution in [0.25, 0.3) is 0 Å². The number of carbonyl (C=O) groups excluding carboxylic acids is 1. The highest BCUT2D eigenvalue weighted by molar-refractivity contribution is 6.23. The van der Waals surface area contributed by atoms with Crippen molar-refractivity contribution < 1.29 is 9.53 Å². The molecule has 0 radical (unpaired) electrons. The van der Waals surface area contributed by atoms with Crippen molar-refractivity contribution in [1.29, 1.82) is 0 Å². The van der Waals surface area contributed by atoms with Crippen molar-refractivity contribution in [2.24, 2.45) is 5.18 Å². The Bertz CT molecular complexity index is 165. The fourth-order valence-electron chi connectivity index (χ4n) is 0.506. The van der Waals surface area contributed by atoms with Crippen molar-refractivity contribution in [2.75, 3.05) is 13.2 Å². The maximum absolute atomic E-state index is 10.6. The predicted molar refractivity (Wildman–Crippen MR) is 46.2 cm³/mol. The number of rotatable bonds is 5. The van der Waals surface area contributed by atoms with Gasteiger partial charge in [-0.05, 0) is 13.8 Å². The summed E-state index contributed by atoms with van der Waals surface area (Å²) in [5, 5.41) is 2.39. The zero-order valence-electron chi connectivity index (χ0n) is 7.17. The van der Waals surface area contributed by atoms with Gasteiger partial charge in [0.05, 0.1) is 6.61 Å². The molecule has 0 aromatic carbocycles. The molecule has 5 heteroatoms. The first-order chi connectivity index (χ1) is 5.45. The molecule has 0 aliphatic heterocycles. The Balaban J connectivity index is 3.43. The molecule has 0 heterocycles. The summed E-state index contributed by atoms with van der Waals surface area (Å²) in [6.07, 6.45) is 0.555. The van der Waals surface area contributed by atoms with E-state index in [4.69, 9.17) is 11.6 Å². The minimum Gasteiger partial charge on any atom is -0.464 e. The van der Waals surface area contributed by atoms with Crippen molar-refractivity contribution in [1.82, 2.24) is 0 Å². The quantitative estimate of drug-likeness (QED) is 0.379. The third-order valence-corrected chi connectivity index (χ3v) is 1.34. The topological polar surface area (TPSA) is 55.7 Å². The Kier molecular flexibility index (Phi) is 4.81. The SMILES string of the molecule is CC(C)(Cl)CCOC(=O)CN=O. The fraction of sp³-hybridized carbons (Fsp3) is 0.857. The molecule has 12 heavy (non-hydrogen) atoms. The van der Waals surface area contributed by atoms with Gasteiger partial charge in [-0.2, -0.15) is 4.91 Å². The van der Waals surface area contributed by atoms with E-state index in [1.54, 1.807) is 0 Å². The maximum atomic E-state index is 10.6. The highest BCUT2D eigenvalue weighted by atomic mass is 35.5. The Morgan fingerprint density at radius 3 is 2.58 bits per heavy atom. The van der Waals surface area contributed by atoms with Crippen LogP contribution in [0.5, 0.6) is 0 Å². The monoisotopic (exact) mass is 193 g/mol. The van der Waals surface area contributed by atoms with Crippen molar-refractivity contribution >= 4 is 17.6 Å². The molecule has 0 bridgehead atoms. The molecule has 0 aliphatic carbocycles. The van der Waals surface area contributed by atoms with Crippen LogP contribution in [-0.4, -0.2) is 24.0 Å². The second kappa shape index (κ2) is 5.09. The highest BCUT2D eigenvalue weighted by Crippen LogP contribution is 2.16. The molecule has 0 amide bonds. The van der Waals surface area contributed by atoms with Crippen LogP contribution in [0.2, 0.25) is 0 Å². The van der Waals surface area contributed by atoms with Gasteiger partial charge in [0.25, 0.3) is 0 Å². The molecule has 0 aliphatic rings. The summed E-state index contributed by atoms with van der Waals surface area (Å²) in [4.78, 5) is 19.8. The molecule has 70 valence electrons. The second-order valence-corrected chi connectivity index (χ2v) is 4.00. The van der Waals surface area contributed by atoms with Gasteiger partial charge < -0.3 is 4.74 Å². The number of esters is 1. The highest BCUT2D eigenvalue weighted by Gasteiger charge is 2.13. The summed E-state index contributed by atoms with van der Waals surface area (Å²) in [7, 11) is 0. The van der Waals surface area contributed by atoms with E-state index in [2.05, 4.69) is 9.91 Å². The first kappa shape index (κ1) is 11.4. The molecule has 0 unspecified atom stereocenters. The van der Waals surface area contributed by atoms with Gasteiger partial charge in [0, 0.05) is 11.3 Å². The molecule has 0 aromatic rings. The van der Waals surface area contributed by atoms with Gasteiger partial charge in [-0.1, -0.05) is 5.18 Å². The number of hydrogen-bond acceptors (Lipinski definition) is 4. The zero-order valence-corrected chi connectivity index (χ0v) is 7.93. The van der Waals surface area contributed by atoms with E-state index in [-0.39, 0.29) is 11.5 Å². The van der Waals surface area contributed by atoms with Crippen LogP contribution < -0.4 is 0 Å². The number of ether oxygens (including phenoxy) is 1. The summed E-state index contributed by atoms with van der Waals surface area (Å²) in [5.41, 5.74) is 0. The molecule has 0 spiro atoms. The molecule has 0 fully saturated rings. The molecule has 4 nitrogen and oxygen atoms in total. The summed E-state index contributed by atoms with van der Waals surface area (Å²) < 4.78 is 4.64. The summed E-state index contributed by atoms with van der Waals surface area (Å²) in [6, 6.07) is 0. The lowest BCUT2D eigenvalue weighted by atomic mass is 10.1. The fourth-order valence-corrected chi connectivity index (χ4v) is 0.583. The van der Waals surface area contributed by atoms with Gasteiger partial charge in [0.1, 0.15) is 0 Å². The molecular formula is C7H12ClNO3. The summed E-state index contributed by atoms with van der Waals surface area (Å²) >= 11 is 5.82. The Morgan fingerprint density at radius 1 is 1.58 bits per heavy atom. The standard InChI is InChI=1S/C7H12ClNO3/c1-7(2,8)3-4-12-6(10)5-9-11/h3-5H2,1-2H3. The van der Waals surface area contributed by atoms with Crippen molar-refractivity contribution in [3.8, 4) is 0 Å². The molecular weight excluding hydrogens is 182 g/mol. The van der Waals surface area contributed by atoms with Crippen LogP contribution in [0, 0.1) is 4.91 Å². The number of alkyl halides is 1. The van der Waals surface area contributed by atoms with E-state index in [0.717, 1.165) is 0 Å². The van der Waals surface area contributed by atoms with Crippen LogP contribution >= 0.6 is 11.6 Å². The molecule has 0 atom stereocenters. The van der Waals surface area contributed by atoms with Crippen LogP contribution in [0.1, 0.15) is 20.3 Å². The predicted octanol–water partition coefficient (Wildman–Crippen LogP) is 1.70.